The van der Waals surface area contributed by atoms with Crippen molar-refractivity contribution in [1.82, 2.24) is 0 Å². The van der Waals surface area contributed by atoms with Gasteiger partial charge in [0.15, 0.2) is 6.10 Å². The number of hydrogen-bond donors (Lipinski definition) is 1. The highest BCUT2D eigenvalue weighted by Gasteiger charge is 2.36. The molecule has 2 unspecified atom stereocenters. The van der Waals surface area contributed by atoms with Gasteiger partial charge < -0.3 is 19.5 Å². The van der Waals surface area contributed by atoms with Crippen molar-refractivity contribution in [3.63, 3.8) is 0 Å². The van der Waals surface area contributed by atoms with Crippen molar-refractivity contribution in [2.24, 2.45) is 5.92 Å². The lowest BCUT2D eigenvalue weighted by atomic mass is 9.92. The van der Waals surface area contributed by atoms with Crippen LogP contribution in [0.3, 0.4) is 0 Å². The number of rotatable bonds is 2. The van der Waals surface area contributed by atoms with Crippen LogP contribution in [0, 0.1) is 5.92 Å². The highest BCUT2D eigenvalue weighted by atomic mass is 16.6. The predicted molar refractivity (Wildman–Crippen MR) is 74.2 cm³/mol. The number of fused-ring (bicyclic) bond motifs is 1. The lowest BCUT2D eigenvalue weighted by Gasteiger charge is -2.35. The molecule has 1 saturated heterocycles. The summed E-state index contributed by atoms with van der Waals surface area (Å²) in [7, 11) is 0. The van der Waals surface area contributed by atoms with Gasteiger partial charge in [0, 0.05) is 12.2 Å². The highest BCUT2D eigenvalue weighted by molar-refractivity contribution is 5.98. The summed E-state index contributed by atoms with van der Waals surface area (Å²) in [5.74, 6) is -1.70. The molecule has 2 heterocycles. The van der Waals surface area contributed by atoms with E-state index in [4.69, 9.17) is 9.47 Å². The minimum atomic E-state index is -0.886. The number of ether oxygens (including phenoxy) is 2. The van der Waals surface area contributed by atoms with Crippen molar-refractivity contribution in [2.45, 2.75) is 12.5 Å². The molecular formula is C15H17NO5. The van der Waals surface area contributed by atoms with Gasteiger partial charge in [0.25, 0.3) is 5.91 Å². The third-order valence-corrected chi connectivity index (χ3v) is 3.86. The average Bonchev–Trinajstić information content (AvgIpc) is 2.54. The smallest absolute Gasteiger partial charge is 0.308 e. The van der Waals surface area contributed by atoms with E-state index < -0.39 is 18.0 Å². The van der Waals surface area contributed by atoms with Crippen LogP contribution in [0.2, 0.25) is 0 Å². The molecule has 1 fully saturated rings. The Morgan fingerprint density at radius 1 is 1.24 bits per heavy atom. The van der Waals surface area contributed by atoms with Crippen molar-refractivity contribution in [3.8, 4) is 0 Å². The Balaban J connectivity index is 1.88. The molecule has 0 radical (unpaired) electrons. The molecule has 2 aliphatic heterocycles. The Kier molecular flexibility index (Phi) is 3.90. The van der Waals surface area contributed by atoms with Crippen molar-refractivity contribution >= 4 is 17.6 Å². The first-order valence-electron chi connectivity index (χ1n) is 6.98. The minimum absolute atomic E-state index is 0.172. The zero-order valence-electron chi connectivity index (χ0n) is 11.5. The Morgan fingerprint density at radius 2 is 2.05 bits per heavy atom. The summed E-state index contributed by atoms with van der Waals surface area (Å²) in [4.78, 5) is 25.5. The standard InChI is InChI=1S/C15H17NO5/c17-14(13-9-20-5-6-21-13)16-8-11(15(18)19)7-10-3-1-2-4-12(10)16/h1-4,11,13H,5-9H2,(H,18,19). The fourth-order valence-electron chi connectivity index (χ4n) is 2.77. The molecule has 21 heavy (non-hydrogen) atoms. The molecule has 1 aromatic carbocycles. The van der Waals surface area contributed by atoms with Crippen LogP contribution in [-0.2, 0) is 25.5 Å². The average molecular weight is 291 g/mol. The van der Waals surface area contributed by atoms with Gasteiger partial charge in [-0.1, -0.05) is 18.2 Å². The number of nitrogens with zero attached hydrogens (tertiary/aromatic N) is 1. The van der Waals surface area contributed by atoms with Crippen LogP contribution >= 0.6 is 0 Å². The molecule has 0 spiro atoms. The van der Waals surface area contributed by atoms with Crippen molar-refractivity contribution in [3.05, 3.63) is 29.8 Å². The molecule has 0 aliphatic carbocycles. The summed E-state index contributed by atoms with van der Waals surface area (Å²) in [6.45, 7) is 1.26. The molecule has 0 aromatic heterocycles. The van der Waals surface area contributed by atoms with E-state index in [0.717, 1.165) is 11.3 Å². The summed E-state index contributed by atoms with van der Waals surface area (Å²) in [5.41, 5.74) is 1.65. The number of carbonyl (C=O) groups is 2. The summed E-state index contributed by atoms with van der Waals surface area (Å²) < 4.78 is 10.7. The predicted octanol–water partition coefficient (Wildman–Crippen LogP) is 0.692. The number of amides is 1. The molecule has 0 saturated carbocycles. The van der Waals surface area contributed by atoms with Gasteiger partial charge in [-0.3, -0.25) is 9.59 Å². The summed E-state index contributed by atoms with van der Waals surface area (Å²) in [5, 5.41) is 9.28. The monoisotopic (exact) mass is 291 g/mol. The molecular weight excluding hydrogens is 274 g/mol. The lowest BCUT2D eigenvalue weighted by molar-refractivity contribution is -0.146. The Bertz CT molecular complexity index is 553. The number of hydrogen-bond acceptors (Lipinski definition) is 4. The maximum absolute atomic E-state index is 12.6. The lowest BCUT2D eigenvalue weighted by Crippen LogP contribution is -2.50. The molecule has 3 rings (SSSR count). The van der Waals surface area contributed by atoms with Crippen molar-refractivity contribution in [1.29, 1.82) is 0 Å². The Labute approximate surface area is 122 Å². The van der Waals surface area contributed by atoms with E-state index in [1.165, 1.54) is 4.90 Å². The number of anilines is 1. The van der Waals surface area contributed by atoms with Gasteiger partial charge in [-0.25, -0.2) is 0 Å². The van der Waals surface area contributed by atoms with E-state index in [2.05, 4.69) is 0 Å². The largest absolute Gasteiger partial charge is 0.481 e. The van der Waals surface area contributed by atoms with Crippen LogP contribution in [0.1, 0.15) is 5.56 Å². The van der Waals surface area contributed by atoms with Crippen LogP contribution in [0.5, 0.6) is 0 Å². The van der Waals surface area contributed by atoms with Crippen LogP contribution in [0.15, 0.2) is 24.3 Å². The molecule has 1 N–H and O–H groups in total. The second-order valence-corrected chi connectivity index (χ2v) is 5.25. The van der Waals surface area contributed by atoms with Crippen molar-refractivity contribution < 1.29 is 24.2 Å². The first-order chi connectivity index (χ1) is 10.2. The molecule has 0 bridgehead atoms. The van der Waals surface area contributed by atoms with Crippen LogP contribution in [-0.4, -0.2) is 49.5 Å². The summed E-state index contributed by atoms with van der Waals surface area (Å²) >= 11 is 0. The Hall–Kier alpha value is -1.92. The third-order valence-electron chi connectivity index (χ3n) is 3.86. The summed E-state index contributed by atoms with van der Waals surface area (Å²) in [6, 6.07) is 7.41. The number of carboxylic acids is 1. The first-order valence-corrected chi connectivity index (χ1v) is 6.98. The second kappa shape index (κ2) is 5.83. The van der Waals surface area contributed by atoms with Gasteiger partial charge in [0.2, 0.25) is 0 Å². The minimum Gasteiger partial charge on any atom is -0.481 e. The van der Waals surface area contributed by atoms with E-state index >= 15 is 0 Å². The Morgan fingerprint density at radius 3 is 2.76 bits per heavy atom. The van der Waals surface area contributed by atoms with Gasteiger partial charge >= 0.3 is 5.97 Å². The SMILES string of the molecule is O=C(O)C1Cc2ccccc2N(C(=O)C2COCCO2)C1. The van der Waals surface area contributed by atoms with E-state index in [0.29, 0.717) is 19.6 Å². The first kappa shape index (κ1) is 14.0. The van der Waals surface area contributed by atoms with Gasteiger partial charge in [-0.15, -0.1) is 0 Å². The topological polar surface area (TPSA) is 76.1 Å². The van der Waals surface area contributed by atoms with E-state index in [1.54, 1.807) is 0 Å². The van der Waals surface area contributed by atoms with Gasteiger partial charge in [-0.2, -0.15) is 0 Å². The zero-order valence-corrected chi connectivity index (χ0v) is 11.5. The number of aliphatic carboxylic acids is 1. The molecule has 2 aliphatic rings. The van der Waals surface area contributed by atoms with E-state index in [1.807, 2.05) is 24.3 Å². The highest BCUT2D eigenvalue weighted by Crippen LogP contribution is 2.30. The van der Waals surface area contributed by atoms with Crippen LogP contribution in [0.25, 0.3) is 0 Å². The quantitative estimate of drug-likeness (QED) is 0.867. The molecule has 6 heteroatoms. The molecule has 112 valence electrons. The number of benzene rings is 1. The number of carbonyl (C=O) groups excluding carboxylic acids is 1. The molecule has 1 aromatic rings. The maximum atomic E-state index is 12.6. The molecule has 2 atom stereocenters. The molecule has 1 amide bonds. The van der Waals surface area contributed by atoms with E-state index in [9.17, 15) is 14.7 Å². The van der Waals surface area contributed by atoms with Crippen molar-refractivity contribution in [2.75, 3.05) is 31.3 Å². The van der Waals surface area contributed by atoms with Crippen LogP contribution in [0.4, 0.5) is 5.69 Å². The van der Waals surface area contributed by atoms with Gasteiger partial charge in [0.05, 0.1) is 25.7 Å². The third kappa shape index (κ3) is 2.77. The number of para-hydroxylation sites is 1. The fourth-order valence-corrected chi connectivity index (χ4v) is 2.77. The normalized spacial score (nSPS) is 25.2. The van der Waals surface area contributed by atoms with Gasteiger partial charge in [-0.05, 0) is 18.1 Å². The molecule has 6 nitrogen and oxygen atoms in total. The zero-order chi connectivity index (χ0) is 14.8. The number of carboxylic acid groups (broad SMARTS) is 1. The van der Waals surface area contributed by atoms with E-state index in [-0.39, 0.29) is 19.1 Å². The van der Waals surface area contributed by atoms with Gasteiger partial charge in [0.1, 0.15) is 0 Å². The maximum Gasteiger partial charge on any atom is 0.308 e. The second-order valence-electron chi connectivity index (χ2n) is 5.25. The van der Waals surface area contributed by atoms with Crippen LogP contribution < -0.4 is 4.90 Å². The summed E-state index contributed by atoms with van der Waals surface area (Å²) in [6.07, 6.45) is -0.212. The fraction of sp³-hybridized carbons (Fsp3) is 0.467.